The highest BCUT2D eigenvalue weighted by molar-refractivity contribution is 5.79. The number of carbonyl (C=O) groups excluding carboxylic acids is 1. The molecule has 1 N–H and O–H groups in total. The quantitative estimate of drug-likeness (QED) is 0.709. The summed E-state index contributed by atoms with van der Waals surface area (Å²) in [5.74, 6) is 0.0146. The van der Waals surface area contributed by atoms with Gasteiger partial charge >= 0.3 is 0 Å². The number of hydrogen-bond donors (Lipinski definition) is 1. The number of hydrogen-bond acceptors (Lipinski definition) is 3. The van der Waals surface area contributed by atoms with E-state index in [1.54, 1.807) is 12.1 Å². The van der Waals surface area contributed by atoms with Crippen LogP contribution < -0.4 is 5.32 Å². The van der Waals surface area contributed by atoms with Crippen molar-refractivity contribution in [2.75, 3.05) is 32.8 Å². The zero-order valence-electron chi connectivity index (χ0n) is 19.5. The molecule has 3 aliphatic rings. The minimum absolute atomic E-state index is 0. The van der Waals surface area contributed by atoms with Crippen molar-refractivity contribution in [3.8, 4) is 0 Å². The highest BCUT2D eigenvalue weighted by Gasteiger charge is 2.42. The van der Waals surface area contributed by atoms with E-state index in [1.807, 2.05) is 6.07 Å². The predicted molar refractivity (Wildman–Crippen MR) is 124 cm³/mol. The standard InChI is InChI=1S/C26H39FN2O2.H2/c1-25(2,3)10-13-29-14-11-26(12-15-29)9-6-23(21-5-4-20(27)18-22(21)26)28-24(30)19-7-16-31-17-8-19;/h4-5,18-19,23H,6-17H2,1-3H3,(H,28,30);1H/t23-;/m1./s1. The Balaban J connectivity index is 0.00000289. The van der Waals surface area contributed by atoms with Crippen LogP contribution in [-0.4, -0.2) is 43.7 Å². The Kier molecular flexibility index (Phi) is 6.73. The minimum atomic E-state index is -0.162. The third-order valence-electron chi connectivity index (χ3n) is 7.77. The highest BCUT2D eigenvalue weighted by Crippen LogP contribution is 2.48. The first-order valence-electron chi connectivity index (χ1n) is 12.2. The lowest BCUT2D eigenvalue weighted by atomic mass is 9.63. The maximum atomic E-state index is 14.3. The Hall–Kier alpha value is -1.46. The highest BCUT2D eigenvalue weighted by atomic mass is 19.1. The monoisotopic (exact) mass is 432 g/mol. The summed E-state index contributed by atoms with van der Waals surface area (Å²) in [4.78, 5) is 15.4. The molecule has 1 aliphatic carbocycles. The van der Waals surface area contributed by atoms with Crippen molar-refractivity contribution in [3.05, 3.63) is 35.1 Å². The first kappa shape index (κ1) is 22.7. The molecular formula is C26H41FN2O2. The van der Waals surface area contributed by atoms with Gasteiger partial charge in [0, 0.05) is 20.6 Å². The molecule has 4 nitrogen and oxygen atoms in total. The summed E-state index contributed by atoms with van der Waals surface area (Å²) < 4.78 is 19.7. The predicted octanol–water partition coefficient (Wildman–Crippen LogP) is 5.22. The molecule has 2 fully saturated rings. The number of rotatable bonds is 4. The number of carbonyl (C=O) groups is 1. The van der Waals surface area contributed by atoms with E-state index in [-0.39, 0.29) is 30.5 Å². The zero-order chi connectivity index (χ0) is 22.1. The molecule has 174 valence electrons. The van der Waals surface area contributed by atoms with E-state index >= 15 is 0 Å². The van der Waals surface area contributed by atoms with Crippen molar-refractivity contribution in [1.82, 2.24) is 10.2 Å². The number of likely N-dealkylation sites (tertiary alicyclic amines) is 1. The summed E-state index contributed by atoms with van der Waals surface area (Å²) in [5.41, 5.74) is 2.68. The molecule has 2 aliphatic heterocycles. The molecule has 1 aromatic rings. The van der Waals surface area contributed by atoms with E-state index in [9.17, 15) is 9.18 Å². The Morgan fingerprint density at radius 3 is 2.58 bits per heavy atom. The van der Waals surface area contributed by atoms with Crippen molar-refractivity contribution in [2.45, 2.75) is 77.2 Å². The second-order valence-corrected chi connectivity index (χ2v) is 11.2. The van der Waals surface area contributed by atoms with E-state index in [0.29, 0.717) is 18.6 Å². The smallest absolute Gasteiger partial charge is 0.223 e. The normalized spacial score (nSPS) is 24.7. The molecule has 5 heteroatoms. The summed E-state index contributed by atoms with van der Waals surface area (Å²) in [5, 5.41) is 3.30. The van der Waals surface area contributed by atoms with E-state index < -0.39 is 0 Å². The van der Waals surface area contributed by atoms with Crippen LogP contribution in [0, 0.1) is 17.2 Å². The molecule has 2 saturated heterocycles. The molecule has 0 unspecified atom stereocenters. The van der Waals surface area contributed by atoms with Gasteiger partial charge in [-0.2, -0.15) is 0 Å². The third kappa shape index (κ3) is 5.31. The molecule has 1 aromatic carbocycles. The van der Waals surface area contributed by atoms with Gasteiger partial charge in [-0.25, -0.2) is 4.39 Å². The number of piperidine rings is 1. The first-order chi connectivity index (χ1) is 14.8. The van der Waals surface area contributed by atoms with Gasteiger partial charge in [0.25, 0.3) is 0 Å². The number of amides is 1. The molecule has 4 rings (SSSR count). The largest absolute Gasteiger partial charge is 0.381 e. The van der Waals surface area contributed by atoms with Gasteiger partial charge in [0.15, 0.2) is 0 Å². The van der Waals surface area contributed by atoms with Crippen LogP contribution in [0.3, 0.4) is 0 Å². The van der Waals surface area contributed by atoms with Crippen LogP contribution in [0.15, 0.2) is 18.2 Å². The molecule has 0 bridgehead atoms. The number of fused-ring (bicyclic) bond motifs is 2. The van der Waals surface area contributed by atoms with E-state index in [4.69, 9.17) is 4.74 Å². The summed E-state index contributed by atoms with van der Waals surface area (Å²) in [6.45, 7) is 11.5. The average Bonchev–Trinajstić information content (AvgIpc) is 2.75. The first-order valence-corrected chi connectivity index (χ1v) is 12.2. The molecular weight excluding hydrogens is 391 g/mol. The summed E-state index contributed by atoms with van der Waals surface area (Å²) >= 11 is 0. The number of benzene rings is 1. The van der Waals surface area contributed by atoms with Crippen molar-refractivity contribution >= 4 is 5.91 Å². The second kappa shape index (κ2) is 9.19. The average molecular weight is 433 g/mol. The van der Waals surface area contributed by atoms with E-state index in [2.05, 4.69) is 31.0 Å². The SMILES string of the molecule is CC(C)(C)CCN1CCC2(CC[C@@H](NC(=O)C3CCOCC3)c3ccc(F)cc32)CC1.[HH]. The van der Waals surface area contributed by atoms with Crippen molar-refractivity contribution in [1.29, 1.82) is 0 Å². The molecule has 1 spiro atoms. The van der Waals surface area contributed by atoms with Gasteiger partial charge in [0.05, 0.1) is 6.04 Å². The van der Waals surface area contributed by atoms with Crippen LogP contribution in [0.2, 0.25) is 0 Å². The maximum absolute atomic E-state index is 14.3. The Bertz CT molecular complexity index is 781. The van der Waals surface area contributed by atoms with E-state index in [1.165, 1.54) is 6.42 Å². The lowest BCUT2D eigenvalue weighted by molar-refractivity contribution is -0.128. The van der Waals surface area contributed by atoms with Gasteiger partial charge in [-0.15, -0.1) is 0 Å². The van der Waals surface area contributed by atoms with Crippen molar-refractivity contribution in [2.24, 2.45) is 11.3 Å². The van der Waals surface area contributed by atoms with Gasteiger partial charge in [0.2, 0.25) is 5.91 Å². The fourth-order valence-electron chi connectivity index (χ4n) is 5.62. The molecule has 31 heavy (non-hydrogen) atoms. The topological polar surface area (TPSA) is 41.6 Å². The Labute approximate surface area is 188 Å². The second-order valence-electron chi connectivity index (χ2n) is 11.2. The Morgan fingerprint density at radius 2 is 1.90 bits per heavy atom. The van der Waals surface area contributed by atoms with Gasteiger partial charge in [0.1, 0.15) is 5.82 Å². The van der Waals surface area contributed by atoms with Crippen LogP contribution in [0.1, 0.15) is 84.3 Å². The summed E-state index contributed by atoms with van der Waals surface area (Å²) in [7, 11) is 0. The van der Waals surface area contributed by atoms with Crippen LogP contribution in [-0.2, 0) is 14.9 Å². The molecule has 1 atom stereocenters. The van der Waals surface area contributed by atoms with Crippen LogP contribution in [0.5, 0.6) is 0 Å². The van der Waals surface area contributed by atoms with Crippen LogP contribution in [0.25, 0.3) is 0 Å². The lowest BCUT2D eigenvalue weighted by Gasteiger charge is -2.47. The molecule has 0 radical (unpaired) electrons. The van der Waals surface area contributed by atoms with Crippen LogP contribution in [0.4, 0.5) is 4.39 Å². The van der Waals surface area contributed by atoms with Crippen molar-refractivity contribution in [3.63, 3.8) is 0 Å². The number of ether oxygens (including phenoxy) is 1. The maximum Gasteiger partial charge on any atom is 0.223 e. The van der Waals surface area contributed by atoms with Gasteiger partial charge < -0.3 is 15.0 Å². The van der Waals surface area contributed by atoms with Gasteiger partial charge in [-0.05, 0) is 98.7 Å². The Morgan fingerprint density at radius 1 is 1.19 bits per heavy atom. The van der Waals surface area contributed by atoms with Crippen molar-refractivity contribution < 1.29 is 15.3 Å². The molecule has 0 aromatic heterocycles. The lowest BCUT2D eigenvalue weighted by Crippen LogP contribution is -2.47. The summed E-state index contributed by atoms with van der Waals surface area (Å²) in [6, 6.07) is 5.24. The molecule has 0 saturated carbocycles. The zero-order valence-corrected chi connectivity index (χ0v) is 19.5. The molecule has 1 amide bonds. The number of halogens is 1. The fourth-order valence-corrected chi connectivity index (χ4v) is 5.62. The van der Waals surface area contributed by atoms with Crippen LogP contribution >= 0.6 is 0 Å². The van der Waals surface area contributed by atoms with Gasteiger partial charge in [-0.3, -0.25) is 4.79 Å². The van der Waals surface area contributed by atoms with Gasteiger partial charge in [-0.1, -0.05) is 26.8 Å². The number of nitrogens with one attached hydrogen (secondary N) is 1. The van der Waals surface area contributed by atoms with E-state index in [0.717, 1.165) is 69.3 Å². The summed E-state index contributed by atoms with van der Waals surface area (Å²) in [6.07, 6.45) is 6.91. The molecule has 2 heterocycles. The minimum Gasteiger partial charge on any atom is -0.381 e. The third-order valence-corrected chi connectivity index (χ3v) is 7.77. The number of nitrogens with zero attached hydrogens (tertiary/aromatic N) is 1. The fraction of sp³-hybridized carbons (Fsp3) is 0.731.